The molecular formula is C26H16BrClN4O3S. The second-order valence-electron chi connectivity index (χ2n) is 7.83. The molecule has 0 spiro atoms. The van der Waals surface area contributed by atoms with E-state index in [2.05, 4.69) is 21.2 Å². The van der Waals surface area contributed by atoms with Crippen molar-refractivity contribution in [2.75, 3.05) is 11.1 Å². The zero-order valence-corrected chi connectivity index (χ0v) is 21.5. The number of halogens is 2. The summed E-state index contributed by atoms with van der Waals surface area (Å²) < 4.78 is 0.385. The summed E-state index contributed by atoms with van der Waals surface area (Å²) in [6, 6.07) is 23.2. The number of nitrogens with one attached hydrogen (secondary N) is 1. The van der Waals surface area contributed by atoms with Crippen LogP contribution in [0.3, 0.4) is 0 Å². The second kappa shape index (κ2) is 9.69. The van der Waals surface area contributed by atoms with Gasteiger partial charge in [-0.3, -0.25) is 14.9 Å². The Labute approximate surface area is 222 Å². The highest BCUT2D eigenvalue weighted by molar-refractivity contribution is 9.10. The number of fused-ring (bicyclic) bond motifs is 1. The minimum atomic E-state index is -0.505. The Hall–Kier alpha value is -3.79. The summed E-state index contributed by atoms with van der Waals surface area (Å²) in [7, 11) is 0. The van der Waals surface area contributed by atoms with Crippen LogP contribution in [-0.4, -0.2) is 15.8 Å². The van der Waals surface area contributed by atoms with Gasteiger partial charge in [-0.15, -0.1) is 11.3 Å². The lowest BCUT2D eigenvalue weighted by atomic mass is 9.99. The van der Waals surface area contributed by atoms with Crippen LogP contribution in [0.15, 0.2) is 83.3 Å². The molecule has 10 heteroatoms. The molecule has 0 aliphatic carbocycles. The first-order valence-electron chi connectivity index (χ1n) is 10.6. The number of aromatic nitrogens is 1. The van der Waals surface area contributed by atoms with E-state index in [9.17, 15) is 14.9 Å². The van der Waals surface area contributed by atoms with Crippen molar-refractivity contribution in [1.82, 2.24) is 4.98 Å². The Morgan fingerprint density at radius 1 is 1.03 bits per heavy atom. The maximum atomic E-state index is 13.2. The standard InChI is InChI=1S/C26H16BrClN4O3S/c27-19-12-17(32(34)35)10-11-20(19)30-25(33)24-23(29)22-18(14-6-8-16(28)9-7-14)13-21(31-26(22)36-24)15-4-2-1-3-5-15/h1-13H,29H2,(H,30,33). The maximum Gasteiger partial charge on any atom is 0.270 e. The molecule has 36 heavy (non-hydrogen) atoms. The van der Waals surface area contributed by atoms with Crippen LogP contribution in [0.4, 0.5) is 17.1 Å². The zero-order valence-electron chi connectivity index (χ0n) is 18.4. The number of carbonyl (C=O) groups excluding carboxylic acids is 1. The van der Waals surface area contributed by atoms with Crippen LogP contribution in [0.1, 0.15) is 9.67 Å². The van der Waals surface area contributed by atoms with Gasteiger partial charge in [-0.05, 0) is 51.3 Å². The minimum absolute atomic E-state index is 0.0912. The minimum Gasteiger partial charge on any atom is -0.397 e. The number of pyridine rings is 1. The van der Waals surface area contributed by atoms with Crippen LogP contribution in [0.25, 0.3) is 32.6 Å². The van der Waals surface area contributed by atoms with Crippen molar-refractivity contribution in [3.8, 4) is 22.4 Å². The number of non-ortho nitro benzene ring substituents is 1. The van der Waals surface area contributed by atoms with Crippen LogP contribution in [0.2, 0.25) is 5.02 Å². The first-order chi connectivity index (χ1) is 17.3. The van der Waals surface area contributed by atoms with E-state index < -0.39 is 10.8 Å². The fourth-order valence-corrected chi connectivity index (χ4v) is 5.41. The second-order valence-corrected chi connectivity index (χ2v) is 10.1. The number of nitrogen functional groups attached to an aromatic ring is 1. The number of nitro groups is 1. The topological polar surface area (TPSA) is 111 Å². The van der Waals surface area contributed by atoms with Gasteiger partial charge in [-0.1, -0.05) is 54.1 Å². The van der Waals surface area contributed by atoms with Crippen LogP contribution in [-0.2, 0) is 0 Å². The lowest BCUT2D eigenvalue weighted by Crippen LogP contribution is -2.12. The summed E-state index contributed by atoms with van der Waals surface area (Å²) in [5.41, 5.74) is 10.5. The summed E-state index contributed by atoms with van der Waals surface area (Å²) in [5, 5.41) is 15.1. The number of amides is 1. The van der Waals surface area contributed by atoms with Crippen molar-refractivity contribution in [2.24, 2.45) is 0 Å². The van der Waals surface area contributed by atoms with Gasteiger partial charge in [-0.25, -0.2) is 4.98 Å². The number of benzene rings is 3. The van der Waals surface area contributed by atoms with Gasteiger partial charge in [0.1, 0.15) is 9.71 Å². The van der Waals surface area contributed by atoms with Crippen LogP contribution in [0.5, 0.6) is 0 Å². The number of nitrogens with two attached hydrogens (primary N) is 1. The van der Waals surface area contributed by atoms with Crippen molar-refractivity contribution in [1.29, 1.82) is 0 Å². The average Bonchev–Trinajstić information content (AvgIpc) is 3.22. The van der Waals surface area contributed by atoms with E-state index >= 15 is 0 Å². The lowest BCUT2D eigenvalue weighted by Gasteiger charge is -2.09. The molecule has 0 radical (unpaired) electrons. The molecular weight excluding hydrogens is 564 g/mol. The van der Waals surface area contributed by atoms with E-state index in [1.165, 1.54) is 29.5 Å². The highest BCUT2D eigenvalue weighted by Crippen LogP contribution is 2.42. The summed E-state index contributed by atoms with van der Waals surface area (Å²) in [6.45, 7) is 0. The number of thiophene rings is 1. The highest BCUT2D eigenvalue weighted by Gasteiger charge is 2.22. The lowest BCUT2D eigenvalue weighted by molar-refractivity contribution is -0.384. The molecule has 5 aromatic rings. The van der Waals surface area contributed by atoms with Crippen LogP contribution in [0, 0.1) is 10.1 Å². The molecule has 0 atom stereocenters. The van der Waals surface area contributed by atoms with Crippen molar-refractivity contribution < 1.29 is 9.72 Å². The third-order valence-corrected chi connectivity index (χ3v) is 7.55. The fraction of sp³-hybridized carbons (Fsp3) is 0. The summed E-state index contributed by atoms with van der Waals surface area (Å²) in [4.78, 5) is 29.5. The highest BCUT2D eigenvalue weighted by atomic mass is 79.9. The van der Waals surface area contributed by atoms with Crippen molar-refractivity contribution in [2.45, 2.75) is 0 Å². The molecule has 0 saturated carbocycles. The largest absolute Gasteiger partial charge is 0.397 e. The molecule has 0 bridgehead atoms. The van der Waals surface area contributed by atoms with Gasteiger partial charge in [0.25, 0.3) is 11.6 Å². The van der Waals surface area contributed by atoms with Gasteiger partial charge in [0, 0.05) is 32.6 Å². The predicted octanol–water partition coefficient (Wildman–Crippen LogP) is 7.79. The fourth-order valence-electron chi connectivity index (χ4n) is 3.80. The van der Waals surface area contributed by atoms with Gasteiger partial charge < -0.3 is 11.1 Å². The van der Waals surface area contributed by atoms with E-state index in [0.29, 0.717) is 36.0 Å². The number of anilines is 2. The number of nitro benzene ring substituents is 1. The average molecular weight is 580 g/mol. The first kappa shape index (κ1) is 23.9. The quantitative estimate of drug-likeness (QED) is 0.163. The Balaban J connectivity index is 1.62. The number of hydrogen-bond donors (Lipinski definition) is 2. The molecule has 178 valence electrons. The molecule has 0 saturated heterocycles. The van der Waals surface area contributed by atoms with Crippen molar-refractivity contribution in [3.05, 3.63) is 103 Å². The zero-order chi connectivity index (χ0) is 25.4. The van der Waals surface area contributed by atoms with E-state index in [1.54, 1.807) is 12.1 Å². The number of rotatable bonds is 5. The third kappa shape index (κ3) is 4.56. The Morgan fingerprint density at radius 3 is 2.42 bits per heavy atom. The Morgan fingerprint density at radius 2 is 1.75 bits per heavy atom. The molecule has 0 aliphatic heterocycles. The summed E-state index contributed by atoms with van der Waals surface area (Å²) in [6.07, 6.45) is 0. The molecule has 7 nitrogen and oxygen atoms in total. The molecule has 3 N–H and O–H groups in total. The van der Waals surface area contributed by atoms with Gasteiger partial charge in [0.2, 0.25) is 0 Å². The van der Waals surface area contributed by atoms with E-state index in [0.717, 1.165) is 22.4 Å². The normalized spacial score (nSPS) is 10.9. The molecule has 3 aromatic carbocycles. The molecule has 1 amide bonds. The number of carbonyl (C=O) groups is 1. The predicted molar refractivity (Wildman–Crippen MR) is 149 cm³/mol. The molecule has 5 rings (SSSR count). The Kier molecular flexibility index (Phi) is 6.44. The maximum absolute atomic E-state index is 13.2. The van der Waals surface area contributed by atoms with E-state index in [-0.39, 0.29) is 5.69 Å². The van der Waals surface area contributed by atoms with Crippen LogP contribution >= 0.6 is 38.9 Å². The van der Waals surface area contributed by atoms with E-state index in [4.69, 9.17) is 22.3 Å². The van der Waals surface area contributed by atoms with Crippen molar-refractivity contribution >= 4 is 72.1 Å². The molecule has 0 unspecified atom stereocenters. The monoisotopic (exact) mass is 578 g/mol. The number of hydrogen-bond acceptors (Lipinski definition) is 6. The van der Waals surface area contributed by atoms with Crippen LogP contribution < -0.4 is 11.1 Å². The van der Waals surface area contributed by atoms with Gasteiger partial charge in [0.05, 0.1) is 22.0 Å². The molecule has 0 fully saturated rings. The van der Waals surface area contributed by atoms with Gasteiger partial charge in [0.15, 0.2) is 0 Å². The molecule has 2 heterocycles. The van der Waals surface area contributed by atoms with E-state index in [1.807, 2.05) is 48.5 Å². The molecule has 2 aromatic heterocycles. The summed E-state index contributed by atoms with van der Waals surface area (Å²) >= 11 is 10.6. The summed E-state index contributed by atoms with van der Waals surface area (Å²) in [5.74, 6) is -0.437. The smallest absolute Gasteiger partial charge is 0.270 e. The SMILES string of the molecule is Nc1c(C(=O)Nc2ccc([N+](=O)[O-])cc2Br)sc2nc(-c3ccccc3)cc(-c3ccc(Cl)cc3)c12. The third-order valence-electron chi connectivity index (χ3n) is 5.54. The first-order valence-corrected chi connectivity index (χ1v) is 12.6. The van der Waals surface area contributed by atoms with Gasteiger partial charge in [-0.2, -0.15) is 0 Å². The van der Waals surface area contributed by atoms with Crippen molar-refractivity contribution in [3.63, 3.8) is 0 Å². The molecule has 0 aliphatic rings. The van der Waals surface area contributed by atoms with Gasteiger partial charge >= 0.3 is 0 Å². The Bertz CT molecular complexity index is 1640. The number of nitrogens with zero attached hydrogens (tertiary/aromatic N) is 2.